The maximum atomic E-state index is 6.01. The third kappa shape index (κ3) is 2.62. The Morgan fingerprint density at radius 2 is 2.11 bits per heavy atom. The highest BCUT2D eigenvalue weighted by Gasteiger charge is 2.43. The van der Waals surface area contributed by atoms with E-state index in [0.717, 1.165) is 24.0 Å². The first-order valence-electron chi connectivity index (χ1n) is 6.36. The van der Waals surface area contributed by atoms with E-state index in [2.05, 4.69) is 59.1 Å². The summed E-state index contributed by atoms with van der Waals surface area (Å²) >= 11 is 3.46. The number of hydrogen-bond donors (Lipinski definition) is 1. The van der Waals surface area contributed by atoms with Gasteiger partial charge in [0.15, 0.2) is 0 Å². The van der Waals surface area contributed by atoms with Crippen LogP contribution in [0.3, 0.4) is 0 Å². The van der Waals surface area contributed by atoms with Crippen molar-refractivity contribution in [3.05, 3.63) is 34.3 Å². The van der Waals surface area contributed by atoms with Crippen molar-refractivity contribution in [1.29, 1.82) is 0 Å². The molecule has 2 unspecified atom stereocenters. The molecule has 3 nitrogen and oxygen atoms in total. The molecule has 1 aromatic rings. The number of nitrogens with zero attached hydrogens (tertiary/aromatic N) is 1. The van der Waals surface area contributed by atoms with Crippen LogP contribution < -0.4 is 5.73 Å². The maximum absolute atomic E-state index is 6.01. The summed E-state index contributed by atoms with van der Waals surface area (Å²) in [6.07, 6.45) is 1.21. The van der Waals surface area contributed by atoms with Crippen LogP contribution in [-0.4, -0.2) is 36.7 Å². The number of halogens is 1. The molecule has 1 saturated heterocycles. The minimum atomic E-state index is -0.0208. The smallest absolute Gasteiger partial charge is 0.0743 e. The van der Waals surface area contributed by atoms with Gasteiger partial charge in [-0.3, -0.25) is 4.90 Å². The predicted octanol–water partition coefficient (Wildman–Crippen LogP) is 2.39. The number of likely N-dealkylation sites (N-methyl/N-ethyl adjacent to an activating group) is 1. The number of rotatable bonds is 4. The fourth-order valence-electron chi connectivity index (χ4n) is 2.72. The molecule has 1 aliphatic heterocycles. The van der Waals surface area contributed by atoms with E-state index in [-0.39, 0.29) is 11.6 Å². The van der Waals surface area contributed by atoms with Gasteiger partial charge in [-0.1, -0.05) is 28.1 Å². The van der Waals surface area contributed by atoms with Crippen molar-refractivity contribution >= 4 is 15.9 Å². The second-order valence-electron chi connectivity index (χ2n) is 5.05. The van der Waals surface area contributed by atoms with E-state index in [1.165, 1.54) is 5.56 Å². The summed E-state index contributed by atoms with van der Waals surface area (Å²) in [6, 6.07) is 8.44. The van der Waals surface area contributed by atoms with Crippen molar-refractivity contribution in [3.8, 4) is 0 Å². The fraction of sp³-hybridized carbons (Fsp3) is 0.571. The Labute approximate surface area is 117 Å². The number of hydrogen-bond acceptors (Lipinski definition) is 3. The second kappa shape index (κ2) is 5.70. The Morgan fingerprint density at radius 3 is 2.61 bits per heavy atom. The topological polar surface area (TPSA) is 38.5 Å². The van der Waals surface area contributed by atoms with Crippen molar-refractivity contribution in [2.24, 2.45) is 5.73 Å². The number of ether oxygens (including phenoxy) is 1. The molecule has 1 heterocycles. The molecular formula is C14H21BrN2O. The lowest BCUT2D eigenvalue weighted by molar-refractivity contribution is 0.0245. The van der Waals surface area contributed by atoms with Crippen molar-refractivity contribution < 1.29 is 4.74 Å². The van der Waals surface area contributed by atoms with Crippen LogP contribution in [0.15, 0.2) is 28.7 Å². The zero-order valence-electron chi connectivity index (χ0n) is 11.0. The number of nitrogens with two attached hydrogens (primary N) is 1. The summed E-state index contributed by atoms with van der Waals surface area (Å²) in [5, 5.41) is 0. The highest BCUT2D eigenvalue weighted by Crippen LogP contribution is 2.31. The van der Waals surface area contributed by atoms with Gasteiger partial charge in [-0.2, -0.15) is 0 Å². The van der Waals surface area contributed by atoms with E-state index < -0.39 is 0 Å². The van der Waals surface area contributed by atoms with Crippen molar-refractivity contribution in [1.82, 2.24) is 4.90 Å². The van der Waals surface area contributed by atoms with Crippen LogP contribution in [-0.2, 0) is 11.3 Å². The molecule has 4 heteroatoms. The summed E-state index contributed by atoms with van der Waals surface area (Å²) < 4.78 is 6.82. The zero-order chi connectivity index (χ0) is 13.2. The molecule has 0 aliphatic carbocycles. The van der Waals surface area contributed by atoms with Crippen molar-refractivity contribution in [2.75, 3.05) is 20.2 Å². The zero-order valence-corrected chi connectivity index (χ0v) is 12.6. The van der Waals surface area contributed by atoms with Crippen LogP contribution >= 0.6 is 15.9 Å². The molecule has 18 heavy (non-hydrogen) atoms. The van der Waals surface area contributed by atoms with E-state index in [1.54, 1.807) is 0 Å². The quantitative estimate of drug-likeness (QED) is 0.927. The largest absolute Gasteiger partial charge is 0.376 e. The summed E-state index contributed by atoms with van der Waals surface area (Å²) in [6.45, 7) is 4.47. The van der Waals surface area contributed by atoms with Gasteiger partial charge in [0.05, 0.1) is 11.6 Å². The summed E-state index contributed by atoms with van der Waals surface area (Å²) in [7, 11) is 2.14. The van der Waals surface area contributed by atoms with E-state index >= 15 is 0 Å². The normalized spacial score (nSPS) is 27.9. The molecule has 0 saturated carbocycles. The molecular weight excluding hydrogens is 292 g/mol. The average Bonchev–Trinajstić information content (AvgIpc) is 2.74. The first kappa shape index (κ1) is 14.0. The Hall–Kier alpha value is -0.420. The summed E-state index contributed by atoms with van der Waals surface area (Å²) in [4.78, 5) is 2.34. The van der Waals surface area contributed by atoms with Gasteiger partial charge in [0.2, 0.25) is 0 Å². The molecule has 1 aliphatic rings. The standard InChI is InChI=1S/C14H21BrN2O/c1-11-14(10-16,7-8-18-11)17(2)9-12-3-5-13(15)6-4-12/h3-6,11H,7-10,16H2,1-2H3. The molecule has 2 atom stereocenters. The molecule has 2 rings (SSSR count). The van der Waals surface area contributed by atoms with Crippen molar-refractivity contribution in [2.45, 2.75) is 31.5 Å². The predicted molar refractivity (Wildman–Crippen MR) is 77.4 cm³/mol. The van der Waals surface area contributed by atoms with E-state index in [1.807, 2.05) is 0 Å². The van der Waals surface area contributed by atoms with Crippen LogP contribution in [0.1, 0.15) is 18.9 Å². The average molecular weight is 313 g/mol. The SMILES string of the molecule is CC1OCCC1(CN)N(C)Cc1ccc(Br)cc1. The Kier molecular flexibility index (Phi) is 4.43. The molecule has 2 N–H and O–H groups in total. The summed E-state index contributed by atoms with van der Waals surface area (Å²) in [5.41, 5.74) is 7.29. The van der Waals surface area contributed by atoms with Gasteiger partial charge in [0, 0.05) is 24.2 Å². The third-order valence-corrected chi connectivity index (χ3v) is 4.63. The van der Waals surface area contributed by atoms with Crippen LogP contribution in [0, 0.1) is 0 Å². The minimum absolute atomic E-state index is 0.0208. The van der Waals surface area contributed by atoms with E-state index in [0.29, 0.717) is 6.54 Å². The van der Waals surface area contributed by atoms with Gasteiger partial charge in [-0.15, -0.1) is 0 Å². The highest BCUT2D eigenvalue weighted by molar-refractivity contribution is 9.10. The maximum Gasteiger partial charge on any atom is 0.0743 e. The fourth-order valence-corrected chi connectivity index (χ4v) is 2.98. The second-order valence-corrected chi connectivity index (χ2v) is 5.97. The van der Waals surface area contributed by atoms with Gasteiger partial charge in [-0.05, 0) is 38.1 Å². The molecule has 0 aromatic heterocycles. The molecule has 0 radical (unpaired) electrons. The van der Waals surface area contributed by atoms with Gasteiger partial charge in [-0.25, -0.2) is 0 Å². The van der Waals surface area contributed by atoms with Crippen LogP contribution in [0.2, 0.25) is 0 Å². The first-order chi connectivity index (χ1) is 8.58. The van der Waals surface area contributed by atoms with Crippen LogP contribution in [0.4, 0.5) is 0 Å². The lowest BCUT2D eigenvalue weighted by atomic mass is 9.90. The number of benzene rings is 1. The van der Waals surface area contributed by atoms with Gasteiger partial charge in [0.1, 0.15) is 0 Å². The lowest BCUT2D eigenvalue weighted by Gasteiger charge is -2.40. The Balaban J connectivity index is 2.10. The molecule has 1 fully saturated rings. The minimum Gasteiger partial charge on any atom is -0.376 e. The van der Waals surface area contributed by atoms with Crippen LogP contribution in [0.25, 0.3) is 0 Å². The Morgan fingerprint density at radius 1 is 1.44 bits per heavy atom. The van der Waals surface area contributed by atoms with Crippen molar-refractivity contribution in [3.63, 3.8) is 0 Å². The lowest BCUT2D eigenvalue weighted by Crippen LogP contribution is -2.56. The molecule has 0 amide bonds. The third-order valence-electron chi connectivity index (χ3n) is 4.11. The van der Waals surface area contributed by atoms with E-state index in [9.17, 15) is 0 Å². The molecule has 0 spiro atoms. The first-order valence-corrected chi connectivity index (χ1v) is 7.15. The molecule has 1 aromatic carbocycles. The van der Waals surface area contributed by atoms with Gasteiger partial charge in [0.25, 0.3) is 0 Å². The molecule has 100 valence electrons. The monoisotopic (exact) mass is 312 g/mol. The van der Waals surface area contributed by atoms with Gasteiger partial charge < -0.3 is 10.5 Å². The molecule has 0 bridgehead atoms. The summed E-state index contributed by atoms with van der Waals surface area (Å²) in [5.74, 6) is 0. The van der Waals surface area contributed by atoms with Crippen LogP contribution in [0.5, 0.6) is 0 Å². The Bertz CT molecular complexity index is 395. The highest BCUT2D eigenvalue weighted by atomic mass is 79.9. The van der Waals surface area contributed by atoms with Gasteiger partial charge >= 0.3 is 0 Å². The van der Waals surface area contributed by atoms with E-state index in [4.69, 9.17) is 10.5 Å².